The van der Waals surface area contributed by atoms with Crippen LogP contribution in [0, 0.1) is 18.3 Å². The first-order valence-corrected chi connectivity index (χ1v) is 10.6. The fraction of sp³-hybridized carbons (Fsp3) is 0.333. The minimum atomic E-state index is -4.89. The van der Waals surface area contributed by atoms with Crippen molar-refractivity contribution in [1.82, 2.24) is 19.4 Å². The van der Waals surface area contributed by atoms with Gasteiger partial charge >= 0.3 is 6.18 Å². The third-order valence-electron chi connectivity index (χ3n) is 6.15. The van der Waals surface area contributed by atoms with Crippen molar-refractivity contribution in [1.29, 1.82) is 5.26 Å². The Labute approximate surface area is 194 Å². The summed E-state index contributed by atoms with van der Waals surface area (Å²) in [4.78, 5) is 23.2. The van der Waals surface area contributed by atoms with Crippen LogP contribution in [-0.2, 0) is 12.1 Å². The van der Waals surface area contributed by atoms with Crippen molar-refractivity contribution in [2.75, 3.05) is 6.54 Å². The lowest BCUT2D eigenvalue weighted by Gasteiger charge is -2.36. The minimum absolute atomic E-state index is 0.0536. The van der Waals surface area contributed by atoms with Crippen LogP contribution in [-0.4, -0.2) is 43.2 Å². The topological polar surface area (TPSA) is 95.0 Å². The Hall–Kier alpha value is -3.71. The van der Waals surface area contributed by atoms with Gasteiger partial charge in [0.2, 0.25) is 5.60 Å². The van der Waals surface area contributed by atoms with E-state index in [1.165, 1.54) is 17.0 Å². The monoisotopic (exact) mass is 469 g/mol. The van der Waals surface area contributed by atoms with E-state index in [0.717, 1.165) is 5.56 Å². The predicted molar refractivity (Wildman–Crippen MR) is 116 cm³/mol. The number of nitriles is 1. The van der Waals surface area contributed by atoms with Crippen LogP contribution >= 0.6 is 0 Å². The molecule has 1 N–H and O–H groups in total. The second-order valence-electron chi connectivity index (χ2n) is 8.57. The molecule has 176 valence electrons. The van der Waals surface area contributed by atoms with Gasteiger partial charge in [0.25, 0.3) is 5.91 Å². The van der Waals surface area contributed by atoms with Crippen LogP contribution in [0.1, 0.15) is 52.9 Å². The summed E-state index contributed by atoms with van der Waals surface area (Å²) in [5.74, 6) is -0.768. The minimum Gasteiger partial charge on any atom is -0.374 e. The molecular formula is C24H22F3N5O2. The van der Waals surface area contributed by atoms with E-state index in [2.05, 4.69) is 16.0 Å². The zero-order valence-electron chi connectivity index (χ0n) is 18.8. The number of halogens is 3. The molecule has 2 aromatic heterocycles. The van der Waals surface area contributed by atoms with Crippen molar-refractivity contribution in [3.63, 3.8) is 0 Å². The van der Waals surface area contributed by atoms with E-state index in [0.29, 0.717) is 35.0 Å². The Morgan fingerprint density at radius 3 is 2.50 bits per heavy atom. The van der Waals surface area contributed by atoms with Crippen LogP contribution in [0.2, 0.25) is 0 Å². The molecule has 3 aromatic rings. The fourth-order valence-electron chi connectivity index (χ4n) is 4.24. The van der Waals surface area contributed by atoms with E-state index in [1.807, 2.05) is 0 Å². The van der Waals surface area contributed by atoms with Crippen LogP contribution in [0.25, 0.3) is 11.3 Å². The number of hydrogen-bond acceptors (Lipinski definition) is 5. The summed E-state index contributed by atoms with van der Waals surface area (Å²) >= 11 is 0. The number of nitrogens with zero attached hydrogens (tertiary/aromatic N) is 5. The van der Waals surface area contributed by atoms with Gasteiger partial charge in [-0.25, -0.2) is 4.98 Å². The van der Waals surface area contributed by atoms with Crippen LogP contribution in [0.15, 0.2) is 42.7 Å². The number of rotatable bonds is 3. The molecule has 34 heavy (non-hydrogen) atoms. The molecule has 0 radical (unpaired) electrons. The first kappa shape index (κ1) is 23.4. The van der Waals surface area contributed by atoms with E-state index in [1.54, 1.807) is 49.1 Å². The molecule has 1 amide bonds. The maximum Gasteiger partial charge on any atom is 0.424 e. The number of carbonyl (C=O) groups is 1. The van der Waals surface area contributed by atoms with Crippen molar-refractivity contribution in [3.05, 3.63) is 70.9 Å². The summed E-state index contributed by atoms with van der Waals surface area (Å²) < 4.78 is 41.5. The number of carbonyl (C=O) groups excluding carboxylic acids is 1. The molecule has 0 bridgehead atoms. The van der Waals surface area contributed by atoms with Crippen molar-refractivity contribution >= 4 is 5.91 Å². The highest BCUT2D eigenvalue weighted by atomic mass is 19.4. The van der Waals surface area contributed by atoms with E-state index in [-0.39, 0.29) is 19.0 Å². The molecule has 7 nitrogen and oxygen atoms in total. The fourth-order valence-corrected chi connectivity index (χ4v) is 4.24. The second-order valence-corrected chi connectivity index (χ2v) is 8.57. The van der Waals surface area contributed by atoms with Gasteiger partial charge in [-0.05, 0) is 44.5 Å². The maximum absolute atomic E-state index is 13.4. The van der Waals surface area contributed by atoms with Gasteiger partial charge < -0.3 is 14.6 Å². The van der Waals surface area contributed by atoms with Crippen LogP contribution in [0.3, 0.4) is 0 Å². The molecule has 1 aliphatic rings. The molecule has 10 heteroatoms. The van der Waals surface area contributed by atoms with Crippen LogP contribution in [0.5, 0.6) is 0 Å². The lowest BCUT2D eigenvalue weighted by atomic mass is 10.00. The number of aromatic nitrogens is 3. The van der Waals surface area contributed by atoms with E-state index < -0.39 is 23.6 Å². The number of pyridine rings is 1. The number of amides is 1. The second kappa shape index (κ2) is 8.25. The molecule has 1 unspecified atom stereocenters. The molecule has 0 aliphatic carbocycles. The first-order valence-electron chi connectivity index (χ1n) is 10.6. The van der Waals surface area contributed by atoms with Gasteiger partial charge in [-0.15, -0.1) is 0 Å². The Bertz CT molecular complexity index is 1290. The normalized spacial score (nSPS) is 17.6. The summed E-state index contributed by atoms with van der Waals surface area (Å²) in [7, 11) is 0. The number of benzene rings is 1. The molecular weight excluding hydrogens is 447 g/mol. The van der Waals surface area contributed by atoms with Gasteiger partial charge in [-0.2, -0.15) is 18.4 Å². The van der Waals surface area contributed by atoms with E-state index >= 15 is 0 Å². The maximum atomic E-state index is 13.4. The van der Waals surface area contributed by atoms with Crippen molar-refractivity contribution in [3.8, 4) is 17.3 Å². The van der Waals surface area contributed by atoms with Gasteiger partial charge in [0.05, 0.1) is 41.8 Å². The molecule has 0 saturated heterocycles. The molecule has 0 saturated carbocycles. The highest BCUT2D eigenvalue weighted by molar-refractivity contribution is 5.97. The predicted octanol–water partition coefficient (Wildman–Crippen LogP) is 4.11. The lowest BCUT2D eigenvalue weighted by Crippen LogP contribution is -2.45. The average Bonchev–Trinajstić information content (AvgIpc) is 3.24. The smallest absolute Gasteiger partial charge is 0.374 e. The molecule has 0 spiro atoms. The Balaban J connectivity index is 1.65. The average molecular weight is 469 g/mol. The van der Waals surface area contributed by atoms with Crippen LogP contribution < -0.4 is 0 Å². The molecule has 1 aromatic carbocycles. The molecule has 4 rings (SSSR count). The molecule has 1 aliphatic heterocycles. The highest BCUT2D eigenvalue weighted by Crippen LogP contribution is 2.40. The highest BCUT2D eigenvalue weighted by Gasteiger charge is 2.55. The number of hydrogen-bond donors (Lipinski definition) is 1. The third kappa shape index (κ3) is 3.82. The number of fused-ring (bicyclic) bond motifs is 1. The summed E-state index contributed by atoms with van der Waals surface area (Å²) in [6.45, 7) is 4.35. The Morgan fingerprint density at radius 1 is 1.21 bits per heavy atom. The van der Waals surface area contributed by atoms with Gasteiger partial charge in [0, 0.05) is 23.9 Å². The lowest BCUT2D eigenvalue weighted by molar-refractivity contribution is -0.263. The first-order chi connectivity index (χ1) is 16.0. The van der Waals surface area contributed by atoms with Gasteiger partial charge in [-0.1, -0.05) is 12.1 Å². The summed E-state index contributed by atoms with van der Waals surface area (Å²) in [5.41, 5.74) is 0.261. The van der Waals surface area contributed by atoms with E-state index in [9.17, 15) is 23.1 Å². The van der Waals surface area contributed by atoms with Gasteiger partial charge in [0.15, 0.2) is 5.82 Å². The standard InChI is InChI=1S/C24H22F3N5O2/c1-14-12-31(13-18-11-30-22(32(14)18)23(3,34)24(25,26)27)21(33)19-8-9-29-20(15(19)2)17-6-4-16(10-28)5-7-17/h4-9,11,14,34H,12-13H2,1-3H3/t14-,23?/m0/s1. The quantitative estimate of drug-likeness (QED) is 0.623. The summed E-state index contributed by atoms with van der Waals surface area (Å²) in [6, 6.07) is 10.0. The van der Waals surface area contributed by atoms with Crippen LogP contribution in [0.4, 0.5) is 13.2 Å². The largest absolute Gasteiger partial charge is 0.424 e. The SMILES string of the molecule is Cc1c(C(=O)N2Cc3cnc(C(C)(O)C(F)(F)F)n3[C@@H](C)C2)ccnc1-c1ccc(C#N)cc1. The van der Waals surface area contributed by atoms with Crippen molar-refractivity contribution in [2.24, 2.45) is 0 Å². The number of imidazole rings is 1. The van der Waals surface area contributed by atoms with Crippen molar-refractivity contribution < 1.29 is 23.1 Å². The third-order valence-corrected chi connectivity index (χ3v) is 6.15. The Kier molecular flexibility index (Phi) is 5.69. The zero-order chi connectivity index (χ0) is 24.8. The Morgan fingerprint density at radius 2 is 1.88 bits per heavy atom. The van der Waals surface area contributed by atoms with Crippen molar-refractivity contribution in [2.45, 2.75) is 45.1 Å². The van der Waals surface area contributed by atoms with Gasteiger partial charge in [0.1, 0.15) is 0 Å². The number of alkyl halides is 3. The molecule has 3 heterocycles. The molecule has 2 atom stereocenters. The summed E-state index contributed by atoms with van der Waals surface area (Å²) in [6.07, 6.45) is -2.09. The number of aliphatic hydroxyl groups is 1. The summed E-state index contributed by atoms with van der Waals surface area (Å²) in [5, 5.41) is 19.1. The van der Waals surface area contributed by atoms with E-state index in [4.69, 9.17) is 5.26 Å². The zero-order valence-corrected chi connectivity index (χ0v) is 18.8. The van der Waals surface area contributed by atoms with Gasteiger partial charge in [-0.3, -0.25) is 9.78 Å². The molecule has 0 fully saturated rings.